The van der Waals surface area contributed by atoms with Crippen LogP contribution in [0.5, 0.6) is 0 Å². The minimum absolute atomic E-state index is 0.0235. The average Bonchev–Trinajstić information content (AvgIpc) is 2.74. The topological polar surface area (TPSA) is 109 Å². The molecule has 8 heteroatoms. The van der Waals surface area contributed by atoms with E-state index in [-0.39, 0.29) is 22.9 Å². The molecule has 0 amide bonds. The number of pyridine rings is 2. The molecular weight excluding hydrogens is 416 g/mol. The number of ketones is 1. The molecule has 0 aliphatic carbocycles. The molecule has 3 heterocycles. The molecule has 7 nitrogen and oxygen atoms in total. The van der Waals surface area contributed by atoms with E-state index in [1.807, 2.05) is 17.6 Å². The molecule has 2 aromatic rings. The van der Waals surface area contributed by atoms with Gasteiger partial charge in [-0.3, -0.25) is 20.0 Å². The summed E-state index contributed by atoms with van der Waals surface area (Å²) in [6, 6.07) is 3.65. The van der Waals surface area contributed by atoms with Crippen molar-refractivity contribution in [3.05, 3.63) is 64.2 Å². The summed E-state index contributed by atoms with van der Waals surface area (Å²) in [7, 11) is 0. The van der Waals surface area contributed by atoms with Crippen LogP contribution in [-0.4, -0.2) is 39.4 Å². The molecule has 162 valence electrons. The van der Waals surface area contributed by atoms with E-state index in [0.29, 0.717) is 36.9 Å². The molecule has 1 saturated heterocycles. The van der Waals surface area contributed by atoms with Gasteiger partial charge in [0.2, 0.25) is 5.43 Å². The maximum Gasteiger partial charge on any atom is 0.201 e. The second-order valence-corrected chi connectivity index (χ2v) is 8.10. The van der Waals surface area contributed by atoms with Crippen molar-refractivity contribution in [3.63, 3.8) is 0 Å². The maximum absolute atomic E-state index is 13.1. The molecule has 0 radical (unpaired) electrons. The highest BCUT2D eigenvalue weighted by molar-refractivity contribution is 6.67. The van der Waals surface area contributed by atoms with Crippen LogP contribution in [0.25, 0.3) is 11.3 Å². The molecule has 2 aromatic heterocycles. The number of aromatic nitrogens is 2. The number of carbonyl (C=O) groups is 1. The SMILES string of the molecule is Cc1ccc(-c2cn(CC3CCOCC3)cc(C(=O)CC(=N)/C=C\C(=N)Cl)c2=O)nc1. The highest BCUT2D eigenvalue weighted by atomic mass is 35.5. The van der Waals surface area contributed by atoms with E-state index in [9.17, 15) is 9.59 Å². The molecule has 1 fully saturated rings. The summed E-state index contributed by atoms with van der Waals surface area (Å²) < 4.78 is 7.31. The Morgan fingerprint density at radius 2 is 2.00 bits per heavy atom. The van der Waals surface area contributed by atoms with E-state index < -0.39 is 11.2 Å². The molecule has 0 unspecified atom stereocenters. The number of allylic oxidation sites excluding steroid dienone is 2. The number of nitrogens with one attached hydrogen (secondary N) is 2. The molecular formula is C23H25ClN4O3. The molecule has 1 aliphatic heterocycles. The standard InChI is InChI=1S/C23H25ClN4O3/c1-15-2-4-20(27-11-15)18-13-28(12-16-6-8-31-9-7-16)14-19(23(18)30)21(29)10-17(25)3-5-22(24)26/h2-5,11,13-14,16,25-26H,6-10,12H2,1H3/b5-3-,25-17?,26-22?. The number of carbonyl (C=O) groups excluding carboxylic acids is 1. The summed E-state index contributed by atoms with van der Waals surface area (Å²) in [5.41, 5.74) is 1.46. The van der Waals surface area contributed by atoms with Crippen LogP contribution in [0.1, 0.15) is 35.2 Å². The van der Waals surface area contributed by atoms with Crippen LogP contribution in [0.15, 0.2) is 47.7 Å². The fourth-order valence-electron chi connectivity index (χ4n) is 3.47. The summed E-state index contributed by atoms with van der Waals surface area (Å²) in [6.07, 6.45) is 9.14. The first-order valence-electron chi connectivity index (χ1n) is 10.1. The molecule has 0 bridgehead atoms. The van der Waals surface area contributed by atoms with Gasteiger partial charge < -0.3 is 14.7 Å². The lowest BCUT2D eigenvalue weighted by Gasteiger charge is -2.23. The molecule has 3 rings (SSSR count). The zero-order valence-corrected chi connectivity index (χ0v) is 18.1. The van der Waals surface area contributed by atoms with E-state index in [4.69, 9.17) is 27.2 Å². The minimum Gasteiger partial charge on any atom is -0.381 e. The second kappa shape index (κ2) is 10.4. The lowest BCUT2D eigenvalue weighted by Crippen LogP contribution is -2.25. The summed E-state index contributed by atoms with van der Waals surface area (Å²) >= 11 is 5.46. The number of halogens is 1. The van der Waals surface area contributed by atoms with E-state index in [1.165, 1.54) is 12.2 Å². The van der Waals surface area contributed by atoms with Crippen LogP contribution >= 0.6 is 11.6 Å². The van der Waals surface area contributed by atoms with Crippen molar-refractivity contribution in [2.75, 3.05) is 13.2 Å². The third kappa shape index (κ3) is 6.29. The van der Waals surface area contributed by atoms with E-state index >= 15 is 0 Å². The minimum atomic E-state index is -0.449. The Hall–Kier alpha value is -2.90. The molecule has 1 aliphatic rings. The van der Waals surface area contributed by atoms with Gasteiger partial charge in [-0.2, -0.15) is 0 Å². The van der Waals surface area contributed by atoms with Crippen LogP contribution in [0.3, 0.4) is 0 Å². The Morgan fingerprint density at radius 1 is 1.26 bits per heavy atom. The van der Waals surface area contributed by atoms with Gasteiger partial charge in [0.25, 0.3) is 0 Å². The largest absolute Gasteiger partial charge is 0.381 e. The van der Waals surface area contributed by atoms with E-state index in [2.05, 4.69) is 4.98 Å². The number of nitrogens with zero attached hydrogens (tertiary/aromatic N) is 2. The van der Waals surface area contributed by atoms with Crippen LogP contribution in [-0.2, 0) is 11.3 Å². The number of hydrogen-bond acceptors (Lipinski definition) is 6. The average molecular weight is 441 g/mol. The molecule has 0 aromatic carbocycles. The predicted octanol–water partition coefficient (Wildman–Crippen LogP) is 4.01. The van der Waals surface area contributed by atoms with Gasteiger partial charge in [0.1, 0.15) is 5.17 Å². The third-order valence-corrected chi connectivity index (χ3v) is 5.28. The first-order chi connectivity index (χ1) is 14.8. The Labute approximate surface area is 185 Å². The molecule has 31 heavy (non-hydrogen) atoms. The first kappa shape index (κ1) is 22.8. The van der Waals surface area contributed by atoms with Crippen molar-refractivity contribution in [2.24, 2.45) is 5.92 Å². The van der Waals surface area contributed by atoms with Crippen LogP contribution in [0, 0.1) is 23.7 Å². The van der Waals surface area contributed by atoms with Crippen molar-refractivity contribution in [1.29, 1.82) is 10.8 Å². The predicted molar refractivity (Wildman–Crippen MR) is 122 cm³/mol. The summed E-state index contributed by atoms with van der Waals surface area (Å²) in [5.74, 6) is -0.0514. The van der Waals surface area contributed by atoms with Crippen LogP contribution < -0.4 is 5.43 Å². The fourth-order valence-corrected chi connectivity index (χ4v) is 3.54. The summed E-state index contributed by atoms with van der Waals surface area (Å²) in [4.78, 5) is 30.4. The zero-order chi connectivity index (χ0) is 22.4. The van der Waals surface area contributed by atoms with Gasteiger partial charge in [-0.25, -0.2) is 0 Å². The van der Waals surface area contributed by atoms with Gasteiger partial charge in [0.15, 0.2) is 5.78 Å². The van der Waals surface area contributed by atoms with Gasteiger partial charge in [-0.1, -0.05) is 17.7 Å². The third-order valence-electron chi connectivity index (χ3n) is 5.16. The summed E-state index contributed by atoms with van der Waals surface area (Å²) in [6.45, 7) is 4.01. The molecule has 2 N–H and O–H groups in total. The molecule has 0 saturated carbocycles. The monoisotopic (exact) mass is 440 g/mol. The quantitative estimate of drug-likeness (QED) is 0.477. The van der Waals surface area contributed by atoms with Crippen molar-refractivity contribution in [2.45, 2.75) is 32.7 Å². The number of aryl methyl sites for hydroxylation is 1. The van der Waals surface area contributed by atoms with E-state index in [1.54, 1.807) is 24.7 Å². The Kier molecular flexibility index (Phi) is 7.65. The van der Waals surface area contributed by atoms with Crippen LogP contribution in [0.2, 0.25) is 0 Å². The first-order valence-corrected chi connectivity index (χ1v) is 10.5. The van der Waals surface area contributed by atoms with Gasteiger partial charge in [-0.15, -0.1) is 0 Å². The smallest absolute Gasteiger partial charge is 0.201 e. The molecule has 0 atom stereocenters. The highest BCUT2D eigenvalue weighted by Crippen LogP contribution is 2.20. The maximum atomic E-state index is 13.1. The highest BCUT2D eigenvalue weighted by Gasteiger charge is 2.20. The lowest BCUT2D eigenvalue weighted by atomic mass is 9.99. The van der Waals surface area contributed by atoms with Crippen molar-refractivity contribution in [1.82, 2.24) is 9.55 Å². The van der Waals surface area contributed by atoms with Crippen molar-refractivity contribution in [3.8, 4) is 11.3 Å². The second-order valence-electron chi connectivity index (χ2n) is 7.69. The van der Waals surface area contributed by atoms with Gasteiger partial charge in [0.05, 0.1) is 23.2 Å². The number of rotatable bonds is 8. The Morgan fingerprint density at radius 3 is 2.65 bits per heavy atom. The van der Waals surface area contributed by atoms with Crippen molar-refractivity contribution < 1.29 is 9.53 Å². The van der Waals surface area contributed by atoms with Gasteiger partial charge in [0, 0.05) is 44.1 Å². The fraction of sp³-hybridized carbons (Fsp3) is 0.348. The number of hydrogen-bond donors (Lipinski definition) is 2. The van der Waals surface area contributed by atoms with E-state index in [0.717, 1.165) is 18.4 Å². The van der Waals surface area contributed by atoms with Gasteiger partial charge >= 0.3 is 0 Å². The number of ether oxygens (including phenoxy) is 1. The van der Waals surface area contributed by atoms with Gasteiger partial charge in [-0.05, 0) is 49.5 Å². The van der Waals surface area contributed by atoms with Crippen LogP contribution in [0.4, 0.5) is 0 Å². The zero-order valence-electron chi connectivity index (χ0n) is 17.4. The lowest BCUT2D eigenvalue weighted by molar-refractivity contribution is 0.0612. The Balaban J connectivity index is 1.96. The molecule has 0 spiro atoms. The number of Topliss-reactive ketones (excluding diaryl/α,β-unsaturated/α-hetero) is 1. The Bertz CT molecular complexity index is 1070. The van der Waals surface area contributed by atoms with Crippen molar-refractivity contribution >= 4 is 28.3 Å². The summed E-state index contributed by atoms with van der Waals surface area (Å²) in [5, 5.41) is 14.9. The normalized spacial score (nSPS) is 14.6.